The molecule has 0 aliphatic carbocycles. The third kappa shape index (κ3) is 4.57. The van der Waals surface area contributed by atoms with Crippen molar-refractivity contribution in [3.8, 4) is 5.75 Å². The molecule has 26 heavy (non-hydrogen) atoms. The molecule has 1 heterocycles. The van der Waals surface area contributed by atoms with Crippen LogP contribution in [0.4, 0.5) is 0 Å². The summed E-state index contributed by atoms with van der Waals surface area (Å²) in [6, 6.07) is 15.0. The number of aromatic nitrogens is 1. The Morgan fingerprint density at radius 1 is 1.15 bits per heavy atom. The van der Waals surface area contributed by atoms with E-state index in [9.17, 15) is 0 Å². The predicted octanol–water partition coefficient (Wildman–Crippen LogP) is 6.09. The van der Waals surface area contributed by atoms with Gasteiger partial charge in [0.15, 0.2) is 6.23 Å². The van der Waals surface area contributed by atoms with Gasteiger partial charge in [-0.05, 0) is 48.9 Å². The van der Waals surface area contributed by atoms with Crippen molar-refractivity contribution in [2.45, 2.75) is 19.6 Å². The van der Waals surface area contributed by atoms with E-state index in [-0.39, 0.29) is 0 Å². The van der Waals surface area contributed by atoms with E-state index in [4.69, 9.17) is 33.7 Å². The third-order valence-electron chi connectivity index (χ3n) is 3.99. The molecule has 0 bridgehead atoms. The van der Waals surface area contributed by atoms with Gasteiger partial charge in [0.25, 0.3) is 0 Å². The molecule has 1 aromatic heterocycles. The molecule has 0 radical (unpaired) electrons. The first-order chi connectivity index (χ1) is 12.4. The standard InChI is InChI=1S/C20H17BrCl2N2O/c1-12-9-14(5-7-16(12)21)20(24)26-19-11-15(22)6-4-13(19)10-18-17(23)3-2-8-25-18/h2-9,11,20H,10,24H2,1H3. The molecule has 2 aromatic carbocycles. The zero-order chi connectivity index (χ0) is 18.7. The summed E-state index contributed by atoms with van der Waals surface area (Å²) in [4.78, 5) is 4.34. The number of benzene rings is 2. The highest BCUT2D eigenvalue weighted by Gasteiger charge is 2.14. The van der Waals surface area contributed by atoms with E-state index in [1.165, 1.54) is 0 Å². The van der Waals surface area contributed by atoms with Gasteiger partial charge in [0.2, 0.25) is 0 Å². The lowest BCUT2D eigenvalue weighted by molar-refractivity contribution is 0.212. The van der Waals surface area contributed by atoms with Crippen LogP contribution in [0.1, 0.15) is 28.6 Å². The number of hydrogen-bond acceptors (Lipinski definition) is 3. The van der Waals surface area contributed by atoms with Crippen molar-refractivity contribution in [2.24, 2.45) is 5.73 Å². The third-order valence-corrected chi connectivity index (χ3v) is 5.46. The second-order valence-corrected chi connectivity index (χ2v) is 7.61. The molecular weight excluding hydrogens is 435 g/mol. The first-order valence-corrected chi connectivity index (χ1v) is 9.55. The van der Waals surface area contributed by atoms with Gasteiger partial charge in [-0.2, -0.15) is 0 Å². The fourth-order valence-corrected chi connectivity index (χ4v) is 3.16. The molecule has 1 unspecified atom stereocenters. The number of ether oxygens (including phenoxy) is 1. The Balaban J connectivity index is 1.88. The summed E-state index contributed by atoms with van der Waals surface area (Å²) in [7, 11) is 0. The molecule has 0 saturated carbocycles. The summed E-state index contributed by atoms with van der Waals surface area (Å²) in [5, 5.41) is 1.19. The largest absolute Gasteiger partial charge is 0.471 e. The second kappa shape index (κ2) is 8.40. The number of halogens is 3. The quantitative estimate of drug-likeness (QED) is 0.477. The maximum absolute atomic E-state index is 6.27. The normalized spacial score (nSPS) is 12.0. The maximum atomic E-state index is 6.27. The van der Waals surface area contributed by atoms with Crippen molar-refractivity contribution in [2.75, 3.05) is 0 Å². The molecule has 0 saturated heterocycles. The van der Waals surface area contributed by atoms with Gasteiger partial charge in [0.1, 0.15) is 5.75 Å². The number of hydrogen-bond donors (Lipinski definition) is 1. The van der Waals surface area contributed by atoms with Gasteiger partial charge in [-0.25, -0.2) is 0 Å². The minimum absolute atomic E-state index is 0.526. The van der Waals surface area contributed by atoms with E-state index < -0.39 is 6.23 Å². The summed E-state index contributed by atoms with van der Waals surface area (Å²) < 4.78 is 7.06. The van der Waals surface area contributed by atoms with E-state index in [0.29, 0.717) is 22.2 Å². The summed E-state index contributed by atoms with van der Waals surface area (Å²) in [6.07, 6.45) is 1.63. The average Bonchev–Trinajstić information content (AvgIpc) is 2.61. The van der Waals surface area contributed by atoms with Gasteiger partial charge < -0.3 is 4.74 Å². The predicted molar refractivity (Wildman–Crippen MR) is 110 cm³/mol. The van der Waals surface area contributed by atoms with Crippen LogP contribution >= 0.6 is 39.1 Å². The fraction of sp³-hybridized carbons (Fsp3) is 0.150. The number of rotatable bonds is 5. The van der Waals surface area contributed by atoms with Gasteiger partial charge in [-0.3, -0.25) is 10.7 Å². The molecule has 3 nitrogen and oxygen atoms in total. The lowest BCUT2D eigenvalue weighted by atomic mass is 10.1. The molecule has 3 aromatic rings. The van der Waals surface area contributed by atoms with Crippen LogP contribution in [0.2, 0.25) is 10.0 Å². The minimum Gasteiger partial charge on any atom is -0.471 e. The molecule has 1 atom stereocenters. The van der Waals surface area contributed by atoms with Crippen LogP contribution in [0.5, 0.6) is 5.75 Å². The highest BCUT2D eigenvalue weighted by molar-refractivity contribution is 9.10. The maximum Gasteiger partial charge on any atom is 0.174 e. The molecule has 3 rings (SSSR count). The van der Waals surface area contributed by atoms with E-state index in [2.05, 4.69) is 20.9 Å². The van der Waals surface area contributed by atoms with Crippen LogP contribution in [0.15, 0.2) is 59.2 Å². The number of nitrogens with zero attached hydrogens (tertiary/aromatic N) is 1. The second-order valence-electron chi connectivity index (χ2n) is 5.91. The molecule has 0 aliphatic heterocycles. The van der Waals surface area contributed by atoms with E-state index in [1.807, 2.05) is 43.3 Å². The SMILES string of the molecule is Cc1cc(C(N)Oc2cc(Cl)ccc2Cc2ncccc2Cl)ccc1Br. The zero-order valence-electron chi connectivity index (χ0n) is 14.0. The van der Waals surface area contributed by atoms with Crippen LogP contribution in [0.3, 0.4) is 0 Å². The monoisotopic (exact) mass is 450 g/mol. The molecule has 134 valence electrons. The van der Waals surface area contributed by atoms with Crippen LogP contribution in [-0.2, 0) is 6.42 Å². The fourth-order valence-electron chi connectivity index (χ4n) is 2.56. The Morgan fingerprint density at radius 3 is 2.69 bits per heavy atom. The van der Waals surface area contributed by atoms with E-state index >= 15 is 0 Å². The summed E-state index contributed by atoms with van der Waals surface area (Å²) in [6.45, 7) is 2.01. The van der Waals surface area contributed by atoms with Crippen molar-refractivity contribution >= 4 is 39.1 Å². The Labute approximate surface area is 171 Å². The van der Waals surface area contributed by atoms with Gasteiger partial charge in [0, 0.05) is 33.2 Å². The topological polar surface area (TPSA) is 48.1 Å². The molecule has 0 fully saturated rings. The number of nitrogens with two attached hydrogens (primary N) is 1. The molecule has 6 heteroatoms. The molecular formula is C20H17BrCl2N2O. The molecule has 2 N–H and O–H groups in total. The van der Waals surface area contributed by atoms with E-state index in [1.54, 1.807) is 18.3 Å². The van der Waals surface area contributed by atoms with Gasteiger partial charge >= 0.3 is 0 Å². The van der Waals surface area contributed by atoms with Crippen LogP contribution in [-0.4, -0.2) is 4.98 Å². The smallest absolute Gasteiger partial charge is 0.174 e. The van der Waals surface area contributed by atoms with Gasteiger partial charge in [0.05, 0.1) is 10.7 Å². The van der Waals surface area contributed by atoms with Crippen molar-refractivity contribution in [1.29, 1.82) is 0 Å². The molecule has 0 aliphatic rings. The minimum atomic E-state index is -0.613. The Bertz CT molecular complexity index is 933. The highest BCUT2D eigenvalue weighted by atomic mass is 79.9. The number of pyridine rings is 1. The van der Waals surface area contributed by atoms with Crippen LogP contribution < -0.4 is 10.5 Å². The van der Waals surface area contributed by atoms with Crippen molar-refractivity contribution in [1.82, 2.24) is 4.98 Å². The van der Waals surface area contributed by atoms with Gasteiger partial charge in [-0.15, -0.1) is 0 Å². The Hall–Kier alpha value is -1.59. The average molecular weight is 452 g/mol. The van der Waals surface area contributed by atoms with Crippen molar-refractivity contribution in [3.63, 3.8) is 0 Å². The lowest BCUT2D eigenvalue weighted by Gasteiger charge is -2.19. The summed E-state index contributed by atoms with van der Waals surface area (Å²) in [5.74, 6) is 0.618. The zero-order valence-corrected chi connectivity index (χ0v) is 17.1. The first kappa shape index (κ1) is 19.2. The molecule has 0 spiro atoms. The van der Waals surface area contributed by atoms with E-state index in [0.717, 1.165) is 26.9 Å². The van der Waals surface area contributed by atoms with Crippen LogP contribution in [0, 0.1) is 6.92 Å². The Morgan fingerprint density at radius 2 is 1.96 bits per heavy atom. The molecule has 0 amide bonds. The van der Waals surface area contributed by atoms with Crippen molar-refractivity contribution < 1.29 is 4.74 Å². The van der Waals surface area contributed by atoms with Gasteiger partial charge in [-0.1, -0.05) is 51.3 Å². The highest BCUT2D eigenvalue weighted by Crippen LogP contribution is 2.30. The Kier molecular flexibility index (Phi) is 6.20. The van der Waals surface area contributed by atoms with Crippen LogP contribution in [0.25, 0.3) is 0 Å². The lowest BCUT2D eigenvalue weighted by Crippen LogP contribution is -2.18. The number of aryl methyl sites for hydroxylation is 1. The summed E-state index contributed by atoms with van der Waals surface area (Å²) >= 11 is 15.9. The first-order valence-electron chi connectivity index (χ1n) is 8.00. The summed E-state index contributed by atoms with van der Waals surface area (Å²) in [5.41, 5.74) is 9.93. The van der Waals surface area contributed by atoms with Crippen molar-refractivity contribution in [3.05, 3.63) is 91.6 Å².